The molecule has 3 heterocycles. The van der Waals surface area contributed by atoms with E-state index in [1.54, 1.807) is 13.2 Å². The Morgan fingerprint density at radius 3 is 2.70 bits per heavy atom. The standard InChI is InChI=1S/C18H20N4O/c1-12-4-7-20-13(2)15(12)10-16-14-6-9-22(11-18(23)19-3)17(14)5-8-21-16/h4-9H,10-11H2,1-3H3,(H,19,23). The van der Waals surface area contributed by atoms with Crippen molar-refractivity contribution in [3.8, 4) is 0 Å². The van der Waals surface area contributed by atoms with Crippen LogP contribution in [0.5, 0.6) is 0 Å². The number of carbonyl (C=O) groups is 1. The van der Waals surface area contributed by atoms with Crippen LogP contribution in [0.25, 0.3) is 10.9 Å². The number of fused-ring (bicyclic) bond motifs is 1. The van der Waals surface area contributed by atoms with Crippen LogP contribution in [0.1, 0.15) is 22.5 Å². The summed E-state index contributed by atoms with van der Waals surface area (Å²) in [6, 6.07) is 6.01. The van der Waals surface area contributed by atoms with Gasteiger partial charge in [-0.1, -0.05) is 0 Å². The summed E-state index contributed by atoms with van der Waals surface area (Å²) >= 11 is 0. The SMILES string of the molecule is CNC(=O)Cn1ccc2c(Cc3c(C)ccnc3C)nccc21. The van der Waals surface area contributed by atoms with Crippen molar-refractivity contribution in [3.63, 3.8) is 0 Å². The summed E-state index contributed by atoms with van der Waals surface area (Å²) < 4.78 is 1.95. The first-order valence-corrected chi connectivity index (χ1v) is 7.64. The Balaban J connectivity index is 2.01. The summed E-state index contributed by atoms with van der Waals surface area (Å²) in [6.07, 6.45) is 6.32. The molecule has 0 saturated heterocycles. The molecule has 1 amide bonds. The smallest absolute Gasteiger partial charge is 0.239 e. The van der Waals surface area contributed by atoms with Crippen molar-refractivity contribution in [1.82, 2.24) is 19.9 Å². The maximum atomic E-state index is 11.6. The third-order valence-electron chi connectivity index (χ3n) is 4.22. The molecule has 118 valence electrons. The van der Waals surface area contributed by atoms with Gasteiger partial charge >= 0.3 is 0 Å². The predicted octanol–water partition coefficient (Wildman–Crippen LogP) is 2.38. The topological polar surface area (TPSA) is 59.8 Å². The quantitative estimate of drug-likeness (QED) is 0.805. The Morgan fingerprint density at radius 2 is 1.96 bits per heavy atom. The first kappa shape index (κ1) is 15.2. The minimum Gasteiger partial charge on any atom is -0.358 e. The first-order valence-electron chi connectivity index (χ1n) is 7.64. The highest BCUT2D eigenvalue weighted by Gasteiger charge is 2.12. The molecular weight excluding hydrogens is 288 g/mol. The zero-order valence-corrected chi connectivity index (χ0v) is 13.6. The highest BCUT2D eigenvalue weighted by Crippen LogP contribution is 2.23. The predicted molar refractivity (Wildman–Crippen MR) is 90.3 cm³/mol. The van der Waals surface area contributed by atoms with Crippen molar-refractivity contribution in [3.05, 3.63) is 59.3 Å². The summed E-state index contributed by atoms with van der Waals surface area (Å²) in [7, 11) is 1.65. The van der Waals surface area contributed by atoms with E-state index in [2.05, 4.69) is 22.2 Å². The van der Waals surface area contributed by atoms with Gasteiger partial charge in [0.25, 0.3) is 0 Å². The molecule has 0 aliphatic rings. The van der Waals surface area contributed by atoms with Gasteiger partial charge in [-0.25, -0.2) is 0 Å². The van der Waals surface area contributed by atoms with Crippen molar-refractivity contribution < 1.29 is 4.79 Å². The van der Waals surface area contributed by atoms with Crippen LogP contribution >= 0.6 is 0 Å². The van der Waals surface area contributed by atoms with Gasteiger partial charge in [-0.05, 0) is 43.2 Å². The molecule has 0 saturated carbocycles. The molecule has 0 fully saturated rings. The lowest BCUT2D eigenvalue weighted by molar-refractivity contribution is -0.121. The van der Waals surface area contributed by atoms with Crippen LogP contribution in [0.15, 0.2) is 36.8 Å². The number of nitrogens with one attached hydrogen (secondary N) is 1. The largest absolute Gasteiger partial charge is 0.358 e. The summed E-state index contributed by atoms with van der Waals surface area (Å²) in [5, 5.41) is 3.74. The van der Waals surface area contributed by atoms with E-state index in [0.29, 0.717) is 6.54 Å². The van der Waals surface area contributed by atoms with E-state index in [1.165, 1.54) is 11.1 Å². The normalized spacial score (nSPS) is 10.9. The molecule has 0 aliphatic carbocycles. The Morgan fingerprint density at radius 1 is 1.17 bits per heavy atom. The molecule has 0 unspecified atom stereocenters. The van der Waals surface area contributed by atoms with Gasteiger partial charge in [0.1, 0.15) is 6.54 Å². The van der Waals surface area contributed by atoms with Crippen molar-refractivity contribution in [2.75, 3.05) is 7.05 Å². The number of rotatable bonds is 4. The molecule has 3 rings (SSSR count). The lowest BCUT2D eigenvalue weighted by Crippen LogP contribution is -2.22. The van der Waals surface area contributed by atoms with Gasteiger partial charge in [0.05, 0.1) is 11.2 Å². The highest BCUT2D eigenvalue weighted by molar-refractivity contribution is 5.85. The van der Waals surface area contributed by atoms with E-state index < -0.39 is 0 Å². The van der Waals surface area contributed by atoms with Crippen LogP contribution < -0.4 is 5.32 Å². The van der Waals surface area contributed by atoms with E-state index >= 15 is 0 Å². The van der Waals surface area contributed by atoms with Crippen LogP contribution in [0.4, 0.5) is 0 Å². The summed E-state index contributed by atoms with van der Waals surface area (Å²) in [5.41, 5.74) is 5.51. The van der Waals surface area contributed by atoms with E-state index in [4.69, 9.17) is 0 Å². The van der Waals surface area contributed by atoms with E-state index in [1.807, 2.05) is 42.1 Å². The minimum atomic E-state index is -0.0141. The summed E-state index contributed by atoms with van der Waals surface area (Å²) in [6.45, 7) is 4.44. The summed E-state index contributed by atoms with van der Waals surface area (Å²) in [4.78, 5) is 20.6. The number of nitrogens with zero attached hydrogens (tertiary/aromatic N) is 3. The van der Waals surface area contributed by atoms with Crippen LogP contribution in [-0.4, -0.2) is 27.5 Å². The van der Waals surface area contributed by atoms with E-state index in [-0.39, 0.29) is 5.91 Å². The highest BCUT2D eigenvalue weighted by atomic mass is 16.1. The number of aryl methyl sites for hydroxylation is 2. The van der Waals surface area contributed by atoms with Crippen molar-refractivity contribution in [2.24, 2.45) is 0 Å². The minimum absolute atomic E-state index is 0.0141. The molecule has 0 atom stereocenters. The third kappa shape index (κ3) is 2.95. The number of pyridine rings is 2. The fourth-order valence-corrected chi connectivity index (χ4v) is 2.85. The van der Waals surface area contributed by atoms with Crippen molar-refractivity contribution in [2.45, 2.75) is 26.8 Å². The Bertz CT molecular complexity index is 846. The second-order valence-electron chi connectivity index (χ2n) is 5.68. The Labute approximate surface area is 135 Å². The number of hydrogen-bond donors (Lipinski definition) is 1. The molecule has 5 nitrogen and oxygen atoms in total. The molecule has 0 aromatic carbocycles. The van der Waals surface area contributed by atoms with Crippen molar-refractivity contribution >= 4 is 16.8 Å². The maximum Gasteiger partial charge on any atom is 0.239 e. The molecular formula is C18H20N4O. The van der Waals surface area contributed by atoms with Gasteiger partial charge in [-0.2, -0.15) is 0 Å². The Kier molecular flexibility index (Phi) is 4.10. The lowest BCUT2D eigenvalue weighted by atomic mass is 10.0. The van der Waals surface area contributed by atoms with Gasteiger partial charge in [0, 0.05) is 43.1 Å². The maximum absolute atomic E-state index is 11.6. The van der Waals surface area contributed by atoms with E-state index in [0.717, 1.165) is 28.7 Å². The number of aromatic nitrogens is 3. The fourth-order valence-electron chi connectivity index (χ4n) is 2.85. The van der Waals surface area contributed by atoms with Crippen LogP contribution in [0.2, 0.25) is 0 Å². The molecule has 0 radical (unpaired) electrons. The van der Waals surface area contributed by atoms with Gasteiger partial charge in [0.15, 0.2) is 0 Å². The van der Waals surface area contributed by atoms with Gasteiger partial charge in [0.2, 0.25) is 5.91 Å². The molecule has 0 spiro atoms. The molecule has 3 aromatic heterocycles. The average molecular weight is 308 g/mol. The van der Waals surface area contributed by atoms with Gasteiger partial charge in [-0.15, -0.1) is 0 Å². The zero-order chi connectivity index (χ0) is 16.4. The second-order valence-corrected chi connectivity index (χ2v) is 5.68. The van der Waals surface area contributed by atoms with E-state index in [9.17, 15) is 4.79 Å². The van der Waals surface area contributed by atoms with Crippen LogP contribution in [0, 0.1) is 13.8 Å². The van der Waals surface area contributed by atoms with Crippen molar-refractivity contribution in [1.29, 1.82) is 0 Å². The number of carbonyl (C=O) groups excluding carboxylic acids is 1. The Hall–Kier alpha value is -2.69. The number of hydrogen-bond acceptors (Lipinski definition) is 3. The second kappa shape index (κ2) is 6.20. The lowest BCUT2D eigenvalue weighted by Gasteiger charge is -2.10. The average Bonchev–Trinajstić information content (AvgIpc) is 2.95. The van der Waals surface area contributed by atoms with Crippen LogP contribution in [0.3, 0.4) is 0 Å². The van der Waals surface area contributed by atoms with Gasteiger partial charge in [-0.3, -0.25) is 14.8 Å². The molecule has 23 heavy (non-hydrogen) atoms. The summed E-state index contributed by atoms with van der Waals surface area (Å²) in [5.74, 6) is -0.0141. The van der Waals surface area contributed by atoms with Gasteiger partial charge < -0.3 is 9.88 Å². The van der Waals surface area contributed by atoms with Crippen LogP contribution in [-0.2, 0) is 17.8 Å². The third-order valence-corrected chi connectivity index (χ3v) is 4.22. The molecule has 0 bridgehead atoms. The first-order chi connectivity index (χ1) is 11.1. The molecule has 1 N–H and O–H groups in total. The molecule has 5 heteroatoms. The monoisotopic (exact) mass is 308 g/mol. The number of amides is 1. The molecule has 0 aliphatic heterocycles. The molecule has 3 aromatic rings. The zero-order valence-electron chi connectivity index (χ0n) is 13.6. The number of likely N-dealkylation sites (N-methyl/N-ethyl adjacent to an activating group) is 1. The fraction of sp³-hybridized carbons (Fsp3) is 0.278.